The first-order valence-corrected chi connectivity index (χ1v) is 7.73. The number of rotatable bonds is 3. The van der Waals surface area contributed by atoms with E-state index < -0.39 is 32.4 Å². The van der Waals surface area contributed by atoms with Crippen LogP contribution in [0, 0.1) is 0 Å². The molecule has 1 nitrogen and oxygen atoms in total. The molecule has 17 heavy (non-hydrogen) atoms. The predicted molar refractivity (Wildman–Crippen MR) is 76.5 cm³/mol. The van der Waals surface area contributed by atoms with Crippen LogP contribution >= 0.6 is 36.7 Å². The second-order valence-electron chi connectivity index (χ2n) is 3.24. The van der Waals surface area contributed by atoms with Crippen LogP contribution in [0.3, 0.4) is 0 Å². The summed E-state index contributed by atoms with van der Waals surface area (Å²) in [4.78, 5) is 0. The third-order valence-electron chi connectivity index (χ3n) is 2.00. The molecule has 0 spiro atoms. The van der Waals surface area contributed by atoms with Gasteiger partial charge in [0.15, 0.2) is 9.59 Å². The average molecular weight is 413 g/mol. The van der Waals surface area contributed by atoms with Crippen molar-refractivity contribution in [1.82, 2.24) is 0 Å². The fraction of sp³-hybridized carbons (Fsp3) is 0.0833. The van der Waals surface area contributed by atoms with Gasteiger partial charge in [-0.25, -0.2) is 8.78 Å². The Bertz CT molecular complexity index is 508. The highest BCUT2D eigenvalue weighted by molar-refractivity contribution is 14.2. The van der Waals surface area contributed by atoms with E-state index in [1.807, 2.05) is 30.3 Å². The Morgan fingerprint density at radius 2 is 1.88 bits per heavy atom. The Morgan fingerprint density at radius 1 is 1.18 bits per heavy atom. The van der Waals surface area contributed by atoms with Crippen molar-refractivity contribution < 1.29 is 13.5 Å². The molecule has 0 bridgehead atoms. The normalized spacial score (nSPS) is 15.9. The minimum absolute atomic E-state index is 0.265. The van der Waals surface area contributed by atoms with Crippen molar-refractivity contribution in [3.05, 3.63) is 57.4 Å². The first-order valence-electron chi connectivity index (χ1n) is 4.78. The molecule has 1 aliphatic heterocycles. The van der Waals surface area contributed by atoms with Crippen LogP contribution in [0.2, 0.25) is 0 Å². The Hall–Kier alpha value is -0.560. The summed E-state index contributed by atoms with van der Waals surface area (Å²) in [5.74, 6) is -1.14. The van der Waals surface area contributed by atoms with Crippen LogP contribution in [0.25, 0.3) is 0 Å². The zero-order valence-corrected chi connectivity index (χ0v) is 12.3. The number of hydrogen-bond acceptors (Lipinski definition) is 1. The maximum Gasteiger partial charge on any atom is 0.188 e. The standard InChI is InChI=1S/C12H8BrF2IO/c13-11-9(14)6-10(15)12(16-11)17-7-8-4-2-1-3-5-8/h1-6H,7H2. The van der Waals surface area contributed by atoms with Gasteiger partial charge in [-0.05, 0) is 42.2 Å². The van der Waals surface area contributed by atoms with Crippen LogP contribution in [0.5, 0.6) is 0 Å². The molecule has 90 valence electrons. The van der Waals surface area contributed by atoms with Crippen LogP contribution in [0.15, 0.2) is 51.8 Å². The number of allylic oxidation sites excluding steroid dienone is 3. The van der Waals surface area contributed by atoms with Crippen LogP contribution < -0.4 is 0 Å². The molecule has 5 heteroatoms. The van der Waals surface area contributed by atoms with Gasteiger partial charge in [0, 0.05) is 6.08 Å². The summed E-state index contributed by atoms with van der Waals surface area (Å²) < 4.78 is 32.5. The van der Waals surface area contributed by atoms with Crippen molar-refractivity contribution in [3.63, 3.8) is 0 Å². The highest BCUT2D eigenvalue weighted by Crippen LogP contribution is 2.34. The summed E-state index contributed by atoms with van der Waals surface area (Å²) >= 11 is 2.17. The second-order valence-corrected chi connectivity index (χ2v) is 8.12. The van der Waals surface area contributed by atoms with Gasteiger partial charge in [0.25, 0.3) is 0 Å². The molecular formula is C12H8BrF2IO. The van der Waals surface area contributed by atoms with Crippen molar-refractivity contribution in [2.45, 2.75) is 6.61 Å². The van der Waals surface area contributed by atoms with Gasteiger partial charge >= 0.3 is 0 Å². The zero-order chi connectivity index (χ0) is 12.3. The van der Waals surface area contributed by atoms with E-state index in [4.69, 9.17) is 4.74 Å². The minimum Gasteiger partial charge on any atom is -0.480 e. The van der Waals surface area contributed by atoms with Gasteiger partial charge in [-0.3, -0.25) is 0 Å². The van der Waals surface area contributed by atoms with E-state index in [-0.39, 0.29) is 3.77 Å². The van der Waals surface area contributed by atoms with Gasteiger partial charge in [0.2, 0.25) is 0 Å². The molecule has 1 aliphatic rings. The van der Waals surface area contributed by atoms with Gasteiger partial charge in [0.1, 0.15) is 12.4 Å². The first kappa shape index (κ1) is 12.9. The average Bonchev–Trinajstić information content (AvgIpc) is 2.33. The first-order chi connectivity index (χ1) is 8.16. The third kappa shape index (κ3) is 3.45. The van der Waals surface area contributed by atoms with Crippen LogP contribution in [-0.4, -0.2) is 2.42 Å². The lowest BCUT2D eigenvalue weighted by molar-refractivity contribution is 0.223. The molecule has 2 rings (SSSR count). The topological polar surface area (TPSA) is 9.23 Å². The van der Waals surface area contributed by atoms with Crippen LogP contribution in [-0.2, 0) is 11.3 Å². The molecule has 0 amide bonds. The maximum absolute atomic E-state index is 13.4. The van der Waals surface area contributed by atoms with E-state index >= 15 is 0 Å². The molecule has 0 radical (unpaired) electrons. The summed E-state index contributed by atoms with van der Waals surface area (Å²) in [6.45, 7) is 0.305. The lowest BCUT2D eigenvalue weighted by atomic mass is 10.2. The SMILES string of the molecule is FC1=CC(F)=C(OCc2ccccc2)I=C1Br. The van der Waals surface area contributed by atoms with Gasteiger partial charge in [-0.1, -0.05) is 30.3 Å². The molecule has 1 aromatic rings. The highest BCUT2D eigenvalue weighted by atomic mass is 127. The molecule has 0 atom stereocenters. The van der Waals surface area contributed by atoms with Crippen molar-refractivity contribution >= 4 is 39.1 Å². The molecule has 1 aromatic carbocycles. The lowest BCUT2D eigenvalue weighted by Gasteiger charge is -2.10. The predicted octanol–water partition coefficient (Wildman–Crippen LogP) is 4.70. The van der Waals surface area contributed by atoms with E-state index in [1.54, 1.807) is 0 Å². The van der Waals surface area contributed by atoms with E-state index in [0.29, 0.717) is 9.02 Å². The Kier molecular flexibility index (Phi) is 4.44. The maximum atomic E-state index is 13.4. The largest absolute Gasteiger partial charge is 0.480 e. The number of benzene rings is 1. The smallest absolute Gasteiger partial charge is 0.188 e. The Labute approximate surface area is 116 Å². The van der Waals surface area contributed by atoms with Crippen molar-refractivity contribution in [3.8, 4) is 0 Å². The van der Waals surface area contributed by atoms with E-state index in [0.717, 1.165) is 11.6 Å². The van der Waals surface area contributed by atoms with Crippen LogP contribution in [0.1, 0.15) is 5.56 Å². The summed E-state index contributed by atoms with van der Waals surface area (Å²) in [7, 11) is 0. The van der Waals surface area contributed by atoms with E-state index in [2.05, 4.69) is 15.9 Å². The molecule has 0 saturated carbocycles. The summed E-state index contributed by atoms with van der Waals surface area (Å²) in [5, 5.41) is 0. The number of hydrogen-bond donors (Lipinski definition) is 0. The summed E-state index contributed by atoms with van der Waals surface area (Å²) in [5.41, 5.74) is 0.961. The molecular weight excluding hydrogens is 405 g/mol. The molecule has 0 fully saturated rings. The van der Waals surface area contributed by atoms with Crippen molar-refractivity contribution in [2.75, 3.05) is 0 Å². The summed E-state index contributed by atoms with van der Waals surface area (Å²) in [6, 6.07) is 9.48. The number of ether oxygens (including phenoxy) is 1. The van der Waals surface area contributed by atoms with Gasteiger partial charge < -0.3 is 4.74 Å². The Morgan fingerprint density at radius 3 is 2.59 bits per heavy atom. The van der Waals surface area contributed by atoms with E-state index in [1.165, 1.54) is 0 Å². The second kappa shape index (κ2) is 5.86. The van der Waals surface area contributed by atoms with Gasteiger partial charge in [0.05, 0.1) is 2.42 Å². The molecule has 0 N–H and O–H groups in total. The monoisotopic (exact) mass is 412 g/mol. The third-order valence-corrected chi connectivity index (χ3v) is 5.69. The number of halogens is 4. The van der Waals surface area contributed by atoms with Gasteiger partial charge in [-0.2, -0.15) is 0 Å². The van der Waals surface area contributed by atoms with E-state index in [9.17, 15) is 8.78 Å². The zero-order valence-electron chi connectivity index (χ0n) is 8.59. The fourth-order valence-electron chi connectivity index (χ4n) is 1.21. The molecule has 1 heterocycles. The van der Waals surface area contributed by atoms with Crippen molar-refractivity contribution in [2.24, 2.45) is 0 Å². The molecule has 0 aromatic heterocycles. The lowest BCUT2D eigenvalue weighted by Crippen LogP contribution is -1.96. The van der Waals surface area contributed by atoms with Crippen molar-refractivity contribution in [1.29, 1.82) is 0 Å². The minimum atomic E-state index is -0.920. The Balaban J connectivity index is 2.08. The summed E-state index contributed by atoms with van der Waals surface area (Å²) in [6.07, 6.45) is 0.855. The van der Waals surface area contributed by atoms with Crippen LogP contribution in [0.4, 0.5) is 8.78 Å². The molecule has 0 saturated heterocycles. The fourth-order valence-corrected chi connectivity index (χ4v) is 3.80. The van der Waals surface area contributed by atoms with Gasteiger partial charge in [-0.15, -0.1) is 0 Å². The quantitative estimate of drug-likeness (QED) is 0.653. The highest BCUT2D eigenvalue weighted by Gasteiger charge is 2.15. The molecule has 0 aliphatic carbocycles. The molecule has 0 unspecified atom stereocenters.